The Bertz CT molecular complexity index is 881. The first-order valence-electron chi connectivity index (χ1n) is 9.02. The molecule has 0 N–H and O–H groups in total. The van der Waals surface area contributed by atoms with Crippen LogP contribution in [0.3, 0.4) is 0 Å². The van der Waals surface area contributed by atoms with Gasteiger partial charge in [0.1, 0.15) is 5.82 Å². The molecule has 1 fully saturated rings. The van der Waals surface area contributed by atoms with Crippen LogP contribution in [0.25, 0.3) is 11.0 Å². The molecule has 1 aliphatic rings. The SMILES string of the molecule is CCn1c(CN2C[C@H](C)O[C@@H](C)C2)nc2cc(S(=O)(=O)N(C)C)ccc21. The van der Waals surface area contributed by atoms with Crippen molar-refractivity contribution in [1.82, 2.24) is 18.8 Å². The standard InChI is InChI=1S/C18H28N4O3S/c1-6-22-17-8-7-15(26(23,24)20(4)5)9-16(17)19-18(22)12-21-10-13(2)25-14(3)11-21/h7-9,13-14H,6,10-12H2,1-5H3/t13-,14-/m0/s1. The summed E-state index contributed by atoms with van der Waals surface area (Å²) in [5, 5.41) is 0. The normalized spacial score (nSPS) is 22.4. The number of rotatable bonds is 5. The summed E-state index contributed by atoms with van der Waals surface area (Å²) in [4.78, 5) is 7.38. The molecular weight excluding hydrogens is 352 g/mol. The molecule has 0 unspecified atom stereocenters. The Kier molecular flexibility index (Phi) is 5.39. The van der Waals surface area contributed by atoms with E-state index in [9.17, 15) is 8.42 Å². The van der Waals surface area contributed by atoms with Crippen molar-refractivity contribution < 1.29 is 13.2 Å². The number of hydrogen-bond donors (Lipinski definition) is 0. The Morgan fingerprint density at radius 3 is 2.46 bits per heavy atom. The zero-order chi connectivity index (χ0) is 19.1. The van der Waals surface area contributed by atoms with Gasteiger partial charge in [-0.15, -0.1) is 0 Å². The van der Waals surface area contributed by atoms with E-state index in [0.29, 0.717) is 0 Å². The number of fused-ring (bicyclic) bond motifs is 1. The summed E-state index contributed by atoms with van der Waals surface area (Å²) < 4.78 is 34.0. The Hall–Kier alpha value is -1.48. The van der Waals surface area contributed by atoms with Crippen molar-refractivity contribution in [3.63, 3.8) is 0 Å². The van der Waals surface area contributed by atoms with Crippen LogP contribution in [0.15, 0.2) is 23.1 Å². The lowest BCUT2D eigenvalue weighted by Crippen LogP contribution is -2.45. The second kappa shape index (κ2) is 7.26. The Morgan fingerprint density at radius 1 is 1.23 bits per heavy atom. The maximum atomic E-state index is 12.4. The van der Waals surface area contributed by atoms with Crippen molar-refractivity contribution in [2.45, 2.75) is 51.0 Å². The summed E-state index contributed by atoms with van der Waals surface area (Å²) in [7, 11) is -0.387. The number of nitrogens with zero attached hydrogens (tertiary/aromatic N) is 4. The average Bonchev–Trinajstić information content (AvgIpc) is 2.89. The van der Waals surface area contributed by atoms with Crippen LogP contribution < -0.4 is 0 Å². The molecule has 26 heavy (non-hydrogen) atoms. The molecule has 1 aromatic heterocycles. The molecular formula is C18H28N4O3S. The van der Waals surface area contributed by atoms with E-state index >= 15 is 0 Å². The van der Waals surface area contributed by atoms with Crippen molar-refractivity contribution in [2.75, 3.05) is 27.2 Å². The van der Waals surface area contributed by atoms with Gasteiger partial charge >= 0.3 is 0 Å². The van der Waals surface area contributed by atoms with Gasteiger partial charge in [0.15, 0.2) is 0 Å². The molecule has 2 heterocycles. The highest BCUT2D eigenvalue weighted by Gasteiger charge is 2.24. The molecule has 0 bridgehead atoms. The second-order valence-corrected chi connectivity index (χ2v) is 9.31. The lowest BCUT2D eigenvalue weighted by Gasteiger charge is -2.35. The highest BCUT2D eigenvalue weighted by Crippen LogP contribution is 2.23. The van der Waals surface area contributed by atoms with Gasteiger partial charge in [0.05, 0.1) is 34.7 Å². The van der Waals surface area contributed by atoms with Gasteiger partial charge in [0.25, 0.3) is 0 Å². The molecule has 144 valence electrons. The number of aromatic nitrogens is 2. The maximum Gasteiger partial charge on any atom is 0.242 e. The van der Waals surface area contributed by atoms with E-state index in [2.05, 4.69) is 30.2 Å². The Labute approximate surface area is 155 Å². The van der Waals surface area contributed by atoms with Crippen LogP contribution in [-0.2, 0) is 27.8 Å². The van der Waals surface area contributed by atoms with E-state index < -0.39 is 10.0 Å². The third kappa shape index (κ3) is 3.64. The molecule has 1 aliphatic heterocycles. The van der Waals surface area contributed by atoms with Gasteiger partial charge in [-0.25, -0.2) is 17.7 Å². The Morgan fingerprint density at radius 2 is 1.88 bits per heavy atom. The van der Waals surface area contributed by atoms with Gasteiger partial charge in [-0.2, -0.15) is 0 Å². The summed E-state index contributed by atoms with van der Waals surface area (Å²) in [5.41, 5.74) is 1.69. The molecule has 2 aromatic rings. The minimum Gasteiger partial charge on any atom is -0.373 e. The van der Waals surface area contributed by atoms with Gasteiger partial charge in [-0.1, -0.05) is 0 Å². The maximum absolute atomic E-state index is 12.4. The first-order chi connectivity index (χ1) is 12.2. The van der Waals surface area contributed by atoms with Crippen LogP contribution in [0, 0.1) is 0 Å². The minimum atomic E-state index is -3.46. The fourth-order valence-electron chi connectivity index (χ4n) is 3.62. The van der Waals surface area contributed by atoms with Crippen LogP contribution in [0.2, 0.25) is 0 Å². The van der Waals surface area contributed by atoms with Gasteiger partial charge in [0, 0.05) is 33.7 Å². The number of sulfonamides is 1. The lowest BCUT2D eigenvalue weighted by molar-refractivity contribution is -0.0712. The largest absolute Gasteiger partial charge is 0.373 e. The monoisotopic (exact) mass is 380 g/mol. The van der Waals surface area contributed by atoms with E-state index in [1.54, 1.807) is 12.1 Å². The molecule has 0 aliphatic carbocycles. The van der Waals surface area contributed by atoms with Crippen molar-refractivity contribution in [2.24, 2.45) is 0 Å². The zero-order valence-corrected chi connectivity index (χ0v) is 17.0. The average molecular weight is 381 g/mol. The molecule has 7 nitrogen and oxygen atoms in total. The van der Waals surface area contributed by atoms with Crippen LogP contribution in [0.1, 0.15) is 26.6 Å². The van der Waals surface area contributed by atoms with Gasteiger partial charge in [-0.05, 0) is 39.0 Å². The summed E-state index contributed by atoms with van der Waals surface area (Å²) in [6.07, 6.45) is 0.407. The highest BCUT2D eigenvalue weighted by atomic mass is 32.2. The summed E-state index contributed by atoms with van der Waals surface area (Å²) in [5.74, 6) is 0.961. The predicted molar refractivity (Wildman–Crippen MR) is 102 cm³/mol. The Balaban J connectivity index is 1.96. The van der Waals surface area contributed by atoms with Gasteiger partial charge < -0.3 is 9.30 Å². The summed E-state index contributed by atoms with van der Waals surface area (Å²) >= 11 is 0. The van der Waals surface area contributed by atoms with Crippen molar-refractivity contribution >= 4 is 21.1 Å². The first-order valence-corrected chi connectivity index (χ1v) is 10.5. The number of aryl methyl sites for hydroxylation is 1. The third-order valence-corrected chi connectivity index (χ3v) is 6.56. The molecule has 0 saturated carbocycles. The van der Waals surface area contributed by atoms with E-state index in [1.807, 2.05) is 6.07 Å². The lowest BCUT2D eigenvalue weighted by atomic mass is 10.2. The zero-order valence-electron chi connectivity index (χ0n) is 16.1. The predicted octanol–water partition coefficient (Wildman–Crippen LogP) is 1.92. The fraction of sp³-hybridized carbons (Fsp3) is 0.611. The molecule has 1 aromatic carbocycles. The molecule has 8 heteroatoms. The molecule has 1 saturated heterocycles. The number of morpholine rings is 1. The van der Waals surface area contributed by atoms with Crippen LogP contribution in [0.5, 0.6) is 0 Å². The number of ether oxygens (including phenoxy) is 1. The van der Waals surface area contributed by atoms with Crippen molar-refractivity contribution in [3.05, 3.63) is 24.0 Å². The highest BCUT2D eigenvalue weighted by molar-refractivity contribution is 7.89. The minimum absolute atomic E-state index is 0.204. The van der Waals surface area contributed by atoms with Gasteiger partial charge in [-0.3, -0.25) is 4.90 Å². The van der Waals surface area contributed by atoms with Gasteiger partial charge in [0.2, 0.25) is 10.0 Å². The molecule has 3 rings (SSSR count). The quantitative estimate of drug-likeness (QED) is 0.793. The molecule has 0 amide bonds. The fourth-order valence-corrected chi connectivity index (χ4v) is 4.54. The van der Waals surface area contributed by atoms with E-state index in [0.717, 1.165) is 43.0 Å². The van der Waals surface area contributed by atoms with Crippen molar-refractivity contribution in [1.29, 1.82) is 0 Å². The second-order valence-electron chi connectivity index (χ2n) is 7.16. The number of benzene rings is 1. The van der Waals surface area contributed by atoms with Crippen molar-refractivity contribution in [3.8, 4) is 0 Å². The smallest absolute Gasteiger partial charge is 0.242 e. The number of hydrogen-bond acceptors (Lipinski definition) is 5. The first kappa shape index (κ1) is 19.3. The van der Waals surface area contributed by atoms with E-state index in [4.69, 9.17) is 9.72 Å². The summed E-state index contributed by atoms with van der Waals surface area (Å²) in [6.45, 7) is 9.53. The van der Waals surface area contributed by atoms with Crippen LogP contribution in [-0.4, -0.2) is 66.6 Å². The van der Waals surface area contributed by atoms with Crippen LogP contribution in [0.4, 0.5) is 0 Å². The third-order valence-electron chi connectivity index (χ3n) is 4.75. The van der Waals surface area contributed by atoms with E-state index in [-0.39, 0.29) is 17.1 Å². The summed E-state index contributed by atoms with van der Waals surface area (Å²) in [6, 6.07) is 5.19. The molecule has 2 atom stereocenters. The molecule has 0 spiro atoms. The van der Waals surface area contributed by atoms with E-state index in [1.165, 1.54) is 18.4 Å². The van der Waals surface area contributed by atoms with Crippen LogP contribution >= 0.6 is 0 Å². The molecule has 0 radical (unpaired) electrons. The number of imidazole rings is 1. The topological polar surface area (TPSA) is 67.7 Å².